The molecular weight excluding hydrogens is 230 g/mol. The summed E-state index contributed by atoms with van der Waals surface area (Å²) < 4.78 is 16.2. The van der Waals surface area contributed by atoms with Crippen molar-refractivity contribution in [3.63, 3.8) is 0 Å². The predicted molar refractivity (Wildman–Crippen MR) is 54.7 cm³/mol. The van der Waals surface area contributed by atoms with Crippen LogP contribution in [0.2, 0.25) is 0 Å². The number of aliphatic hydroxyl groups excluding tert-OH is 2. The number of nitrogens with zero attached hydrogens (tertiary/aromatic N) is 3. The lowest BCUT2D eigenvalue weighted by molar-refractivity contribution is -0.324. The molecule has 96 valence electrons. The zero-order valence-corrected chi connectivity index (χ0v) is 9.61. The Morgan fingerprint density at radius 3 is 2.59 bits per heavy atom. The molecule has 0 amide bonds. The van der Waals surface area contributed by atoms with E-state index >= 15 is 0 Å². The Kier molecular flexibility index (Phi) is 3.03. The number of azide groups is 1. The van der Waals surface area contributed by atoms with Crippen LogP contribution in [-0.4, -0.2) is 53.3 Å². The molecule has 2 rings (SSSR count). The van der Waals surface area contributed by atoms with E-state index in [1.165, 1.54) is 0 Å². The molecule has 0 aromatic heterocycles. The smallest absolute Gasteiger partial charge is 0.224 e. The fourth-order valence-electron chi connectivity index (χ4n) is 2.02. The second-order valence-electron chi connectivity index (χ2n) is 4.62. The highest BCUT2D eigenvalue weighted by Gasteiger charge is 2.57. The molecule has 0 aliphatic carbocycles. The van der Waals surface area contributed by atoms with Crippen LogP contribution < -0.4 is 0 Å². The Morgan fingerprint density at radius 1 is 1.35 bits per heavy atom. The molecule has 1 unspecified atom stereocenters. The topological polar surface area (TPSA) is 117 Å². The molecule has 4 atom stereocenters. The first-order valence-corrected chi connectivity index (χ1v) is 5.29. The molecule has 2 fully saturated rings. The largest absolute Gasteiger partial charge is 0.390 e. The average molecular weight is 245 g/mol. The van der Waals surface area contributed by atoms with E-state index in [1.807, 2.05) is 0 Å². The van der Waals surface area contributed by atoms with Crippen LogP contribution in [0.3, 0.4) is 0 Å². The molecule has 2 aliphatic rings. The molecule has 2 saturated heterocycles. The van der Waals surface area contributed by atoms with Crippen LogP contribution in [-0.2, 0) is 14.2 Å². The lowest BCUT2D eigenvalue weighted by Crippen LogP contribution is -2.62. The summed E-state index contributed by atoms with van der Waals surface area (Å²) in [6, 6.07) is -0.826. The molecule has 1 spiro atoms. The zero-order chi connectivity index (χ0) is 12.7. The summed E-state index contributed by atoms with van der Waals surface area (Å²) in [5.41, 5.74) is 8.32. The quantitative estimate of drug-likeness (QED) is 0.380. The second kappa shape index (κ2) is 4.09. The Hall–Kier alpha value is -0.890. The number of ether oxygens (including phenoxy) is 3. The van der Waals surface area contributed by atoms with E-state index in [-0.39, 0.29) is 13.2 Å². The van der Waals surface area contributed by atoms with Gasteiger partial charge in [0.25, 0.3) is 0 Å². The highest BCUT2D eigenvalue weighted by atomic mass is 16.8. The number of aliphatic hydroxyl groups is 2. The summed E-state index contributed by atoms with van der Waals surface area (Å²) in [5.74, 6) is -2.27. The molecule has 8 heteroatoms. The minimum atomic E-state index is -1.38. The molecule has 2 aliphatic heterocycles. The van der Waals surface area contributed by atoms with E-state index in [2.05, 4.69) is 10.0 Å². The molecule has 0 aromatic rings. The molecule has 2 heterocycles. The van der Waals surface area contributed by atoms with Gasteiger partial charge in [-0.25, -0.2) is 0 Å². The maximum absolute atomic E-state index is 9.99. The average Bonchev–Trinajstić information content (AvgIpc) is 2.58. The normalized spacial score (nSPS) is 44.6. The molecule has 2 N–H and O–H groups in total. The monoisotopic (exact) mass is 245 g/mol. The molecule has 17 heavy (non-hydrogen) atoms. The third kappa shape index (κ3) is 2.11. The standard InChI is InChI=1S/C9H15N3O5/c1-8(2)16-4-9(17-8)7(14)6(13)5(3-15-9)11-12-10/h5-7,13-14H,3-4H2,1-2H3/t5-,6-,7+,9?/m1/s1. The summed E-state index contributed by atoms with van der Waals surface area (Å²) in [5, 5.41) is 23.2. The van der Waals surface area contributed by atoms with Gasteiger partial charge in [0.1, 0.15) is 12.7 Å². The van der Waals surface area contributed by atoms with Gasteiger partial charge in [0.2, 0.25) is 5.79 Å². The van der Waals surface area contributed by atoms with Gasteiger partial charge >= 0.3 is 0 Å². The van der Waals surface area contributed by atoms with Gasteiger partial charge in [-0.05, 0) is 19.4 Å². The van der Waals surface area contributed by atoms with Gasteiger partial charge < -0.3 is 24.4 Å². The van der Waals surface area contributed by atoms with Crippen molar-refractivity contribution in [2.45, 2.75) is 43.7 Å². The summed E-state index contributed by atoms with van der Waals surface area (Å²) in [6.07, 6.45) is -2.56. The first-order valence-electron chi connectivity index (χ1n) is 5.29. The lowest BCUT2D eigenvalue weighted by Gasteiger charge is -2.42. The third-order valence-corrected chi connectivity index (χ3v) is 2.91. The van der Waals surface area contributed by atoms with Crippen LogP contribution in [0.1, 0.15) is 13.8 Å². The Bertz CT molecular complexity index is 357. The zero-order valence-electron chi connectivity index (χ0n) is 9.61. The van der Waals surface area contributed by atoms with Gasteiger partial charge in [-0.2, -0.15) is 0 Å². The van der Waals surface area contributed by atoms with E-state index < -0.39 is 29.8 Å². The van der Waals surface area contributed by atoms with Crippen LogP contribution in [0.5, 0.6) is 0 Å². The Labute approximate surface area is 97.7 Å². The van der Waals surface area contributed by atoms with Crippen LogP contribution in [0.25, 0.3) is 10.4 Å². The van der Waals surface area contributed by atoms with Gasteiger partial charge in [0, 0.05) is 4.91 Å². The van der Waals surface area contributed by atoms with E-state index in [0.29, 0.717) is 0 Å². The van der Waals surface area contributed by atoms with Crippen molar-refractivity contribution in [1.82, 2.24) is 0 Å². The number of hydrogen-bond acceptors (Lipinski definition) is 6. The lowest BCUT2D eigenvalue weighted by atomic mass is 9.96. The first-order chi connectivity index (χ1) is 7.90. The van der Waals surface area contributed by atoms with Gasteiger partial charge in [-0.1, -0.05) is 5.11 Å². The molecular formula is C9H15N3O5. The highest BCUT2D eigenvalue weighted by molar-refractivity contribution is 4.98. The third-order valence-electron chi connectivity index (χ3n) is 2.91. The fourth-order valence-corrected chi connectivity index (χ4v) is 2.02. The number of hydrogen-bond donors (Lipinski definition) is 2. The molecule has 0 saturated carbocycles. The SMILES string of the molecule is CC1(C)OCC2(OC[C@@H](N=[N+]=[N-])[C@@H](O)[C@@H]2O)O1. The van der Waals surface area contributed by atoms with Crippen LogP contribution in [0, 0.1) is 0 Å². The van der Waals surface area contributed by atoms with Gasteiger partial charge in [0.05, 0.1) is 18.8 Å². The van der Waals surface area contributed by atoms with Crippen molar-refractivity contribution in [3.05, 3.63) is 10.4 Å². The van der Waals surface area contributed by atoms with Gasteiger partial charge in [-0.3, -0.25) is 0 Å². The van der Waals surface area contributed by atoms with Crippen molar-refractivity contribution in [2.75, 3.05) is 13.2 Å². The van der Waals surface area contributed by atoms with E-state index in [0.717, 1.165) is 0 Å². The van der Waals surface area contributed by atoms with Gasteiger partial charge in [0.15, 0.2) is 5.79 Å². The second-order valence-corrected chi connectivity index (χ2v) is 4.62. The highest BCUT2D eigenvalue weighted by Crippen LogP contribution is 2.38. The molecule has 0 radical (unpaired) electrons. The van der Waals surface area contributed by atoms with Crippen molar-refractivity contribution in [1.29, 1.82) is 0 Å². The predicted octanol–water partition coefficient (Wildman–Crippen LogP) is -0.104. The minimum absolute atomic E-state index is 0.0151. The number of rotatable bonds is 1. The Balaban J connectivity index is 2.16. The van der Waals surface area contributed by atoms with E-state index in [9.17, 15) is 10.2 Å². The van der Waals surface area contributed by atoms with Crippen molar-refractivity contribution < 1.29 is 24.4 Å². The maximum atomic E-state index is 9.99. The summed E-state index contributed by atoms with van der Waals surface area (Å²) >= 11 is 0. The summed E-state index contributed by atoms with van der Waals surface area (Å²) in [7, 11) is 0. The van der Waals surface area contributed by atoms with Gasteiger partial charge in [-0.15, -0.1) is 0 Å². The van der Waals surface area contributed by atoms with Crippen LogP contribution in [0.4, 0.5) is 0 Å². The first kappa shape index (κ1) is 12.6. The summed E-state index contributed by atoms with van der Waals surface area (Å²) in [6.45, 7) is 3.36. The molecule has 0 bridgehead atoms. The van der Waals surface area contributed by atoms with Crippen LogP contribution >= 0.6 is 0 Å². The van der Waals surface area contributed by atoms with Crippen molar-refractivity contribution in [3.8, 4) is 0 Å². The summed E-state index contributed by atoms with van der Waals surface area (Å²) in [4.78, 5) is 2.59. The Morgan fingerprint density at radius 2 is 2.06 bits per heavy atom. The fraction of sp³-hybridized carbons (Fsp3) is 1.00. The van der Waals surface area contributed by atoms with E-state index in [4.69, 9.17) is 19.7 Å². The minimum Gasteiger partial charge on any atom is -0.390 e. The van der Waals surface area contributed by atoms with E-state index in [1.54, 1.807) is 13.8 Å². The molecule has 8 nitrogen and oxygen atoms in total. The molecule has 0 aromatic carbocycles. The maximum Gasteiger partial charge on any atom is 0.224 e. The van der Waals surface area contributed by atoms with Crippen molar-refractivity contribution in [2.24, 2.45) is 5.11 Å². The van der Waals surface area contributed by atoms with Crippen LogP contribution in [0.15, 0.2) is 5.11 Å². The van der Waals surface area contributed by atoms with Crippen molar-refractivity contribution >= 4 is 0 Å².